The first-order valence-corrected chi connectivity index (χ1v) is 10.0. The Balaban J connectivity index is 1.70. The van der Waals surface area contributed by atoms with Gasteiger partial charge in [-0.15, -0.1) is 0 Å². The van der Waals surface area contributed by atoms with Crippen molar-refractivity contribution in [2.75, 3.05) is 11.9 Å². The van der Waals surface area contributed by atoms with Gasteiger partial charge in [0.2, 0.25) is 0 Å². The smallest absolute Gasteiger partial charge is 0.335 e. The van der Waals surface area contributed by atoms with Crippen molar-refractivity contribution in [1.29, 1.82) is 0 Å². The van der Waals surface area contributed by atoms with Gasteiger partial charge in [-0.3, -0.25) is 0 Å². The summed E-state index contributed by atoms with van der Waals surface area (Å²) in [5.74, 6) is 0.389. The van der Waals surface area contributed by atoms with Crippen LogP contribution in [0.3, 0.4) is 0 Å². The summed E-state index contributed by atoms with van der Waals surface area (Å²) in [6.45, 7) is 5.33. The molecule has 156 valence electrons. The Morgan fingerprint density at radius 1 is 0.967 bits per heavy atom. The molecule has 0 bridgehead atoms. The number of hydrogen-bond donors (Lipinski definition) is 2. The van der Waals surface area contributed by atoms with Crippen molar-refractivity contribution in [3.05, 3.63) is 87.9 Å². The lowest BCUT2D eigenvalue weighted by atomic mass is 10.1. The zero-order chi connectivity index (χ0) is 21.5. The Labute approximate surface area is 181 Å². The third kappa shape index (κ3) is 5.67. The Bertz CT molecular complexity index is 1020. The van der Waals surface area contributed by atoms with E-state index in [1.807, 2.05) is 56.3 Å². The molecule has 3 aromatic rings. The van der Waals surface area contributed by atoms with Gasteiger partial charge < -0.3 is 19.9 Å². The van der Waals surface area contributed by atoms with Gasteiger partial charge >= 0.3 is 5.97 Å². The number of carboxylic acids is 1. The van der Waals surface area contributed by atoms with Gasteiger partial charge in [-0.05, 0) is 66.9 Å². The van der Waals surface area contributed by atoms with Crippen LogP contribution < -0.4 is 14.8 Å². The van der Waals surface area contributed by atoms with E-state index < -0.39 is 5.97 Å². The van der Waals surface area contributed by atoms with Gasteiger partial charge in [0.05, 0.1) is 12.2 Å². The number of ether oxygens (including phenoxy) is 2. The molecular weight excluding hydrogens is 402 g/mol. The molecule has 0 atom stereocenters. The van der Waals surface area contributed by atoms with Crippen molar-refractivity contribution in [3.63, 3.8) is 0 Å². The van der Waals surface area contributed by atoms with Crippen LogP contribution in [-0.2, 0) is 13.2 Å². The molecule has 0 aliphatic carbocycles. The summed E-state index contributed by atoms with van der Waals surface area (Å²) in [6.07, 6.45) is 0. The molecule has 30 heavy (non-hydrogen) atoms. The molecule has 0 spiro atoms. The maximum atomic E-state index is 11.2. The maximum absolute atomic E-state index is 11.2. The highest BCUT2D eigenvalue weighted by atomic mass is 35.5. The summed E-state index contributed by atoms with van der Waals surface area (Å²) in [5, 5.41) is 13.2. The number of aryl methyl sites for hydroxylation is 1. The van der Waals surface area contributed by atoms with Crippen molar-refractivity contribution in [3.8, 4) is 11.5 Å². The number of benzene rings is 3. The minimum absolute atomic E-state index is 0.254. The largest absolute Gasteiger partial charge is 0.490 e. The number of nitrogens with one attached hydrogen (secondary N) is 1. The molecule has 0 unspecified atom stereocenters. The van der Waals surface area contributed by atoms with Gasteiger partial charge in [-0.1, -0.05) is 35.9 Å². The average molecular weight is 426 g/mol. The standard InChI is InChI=1S/C24H24ClNO4/c1-3-29-23-12-18(14-26-21-13-19(24(27)28)8-4-16(21)2)7-11-22(23)30-15-17-5-9-20(25)10-6-17/h4-13,26H,3,14-15H2,1-2H3,(H,27,28). The summed E-state index contributed by atoms with van der Waals surface area (Å²) >= 11 is 5.92. The van der Waals surface area contributed by atoms with Crippen LogP contribution in [0, 0.1) is 6.92 Å². The monoisotopic (exact) mass is 425 g/mol. The van der Waals surface area contributed by atoms with Crippen LogP contribution >= 0.6 is 11.6 Å². The van der Waals surface area contributed by atoms with E-state index in [9.17, 15) is 9.90 Å². The summed E-state index contributed by atoms with van der Waals surface area (Å²) in [7, 11) is 0. The Kier molecular flexibility index (Phi) is 7.20. The number of carboxylic acid groups (broad SMARTS) is 1. The lowest BCUT2D eigenvalue weighted by Crippen LogP contribution is -2.05. The lowest BCUT2D eigenvalue weighted by molar-refractivity contribution is 0.0697. The van der Waals surface area contributed by atoms with Crippen molar-refractivity contribution in [2.24, 2.45) is 0 Å². The van der Waals surface area contributed by atoms with Gasteiger partial charge in [0, 0.05) is 17.3 Å². The summed E-state index contributed by atoms with van der Waals surface area (Å²) < 4.78 is 11.7. The second kappa shape index (κ2) is 10.0. The van der Waals surface area contributed by atoms with E-state index in [2.05, 4.69) is 5.32 Å². The van der Waals surface area contributed by atoms with Crippen molar-refractivity contribution < 1.29 is 19.4 Å². The zero-order valence-corrected chi connectivity index (χ0v) is 17.7. The molecular formula is C24H24ClNO4. The number of hydrogen-bond acceptors (Lipinski definition) is 4. The van der Waals surface area contributed by atoms with Crippen LogP contribution in [0.25, 0.3) is 0 Å². The van der Waals surface area contributed by atoms with E-state index >= 15 is 0 Å². The molecule has 2 N–H and O–H groups in total. The highest BCUT2D eigenvalue weighted by molar-refractivity contribution is 6.30. The van der Waals surface area contributed by atoms with Crippen LogP contribution in [0.2, 0.25) is 5.02 Å². The third-order valence-corrected chi connectivity index (χ3v) is 4.84. The minimum Gasteiger partial charge on any atom is -0.490 e. The maximum Gasteiger partial charge on any atom is 0.335 e. The second-order valence-corrected chi connectivity index (χ2v) is 7.25. The van der Waals surface area contributed by atoms with Crippen LogP contribution in [0.4, 0.5) is 5.69 Å². The first-order chi connectivity index (χ1) is 14.5. The highest BCUT2D eigenvalue weighted by Gasteiger charge is 2.09. The van der Waals surface area contributed by atoms with Crippen molar-refractivity contribution >= 4 is 23.3 Å². The SMILES string of the molecule is CCOc1cc(CNc2cc(C(=O)O)ccc2C)ccc1OCc1ccc(Cl)cc1. The molecule has 0 radical (unpaired) electrons. The molecule has 0 saturated carbocycles. The predicted octanol–water partition coefficient (Wildman–Crippen LogP) is 5.94. The van der Waals surface area contributed by atoms with Crippen LogP contribution in [0.1, 0.15) is 34.0 Å². The number of halogens is 1. The number of carbonyl (C=O) groups is 1. The first-order valence-electron chi connectivity index (χ1n) is 9.67. The number of rotatable bonds is 9. The zero-order valence-electron chi connectivity index (χ0n) is 16.9. The van der Waals surface area contributed by atoms with Crippen LogP contribution in [0.5, 0.6) is 11.5 Å². The van der Waals surface area contributed by atoms with Gasteiger partial charge in [-0.25, -0.2) is 4.79 Å². The quantitative estimate of drug-likeness (QED) is 0.444. The summed E-state index contributed by atoms with van der Waals surface area (Å²) in [6, 6.07) is 18.3. The molecule has 0 fully saturated rings. The molecule has 0 aromatic heterocycles. The lowest BCUT2D eigenvalue weighted by Gasteiger charge is -2.15. The van der Waals surface area contributed by atoms with E-state index in [-0.39, 0.29) is 5.56 Å². The summed E-state index contributed by atoms with van der Waals surface area (Å²) in [5.41, 5.74) is 4.03. The minimum atomic E-state index is -0.945. The van der Waals surface area contributed by atoms with E-state index in [1.165, 1.54) is 0 Å². The molecule has 0 saturated heterocycles. The number of aromatic carboxylic acids is 1. The van der Waals surface area contributed by atoms with E-state index in [0.29, 0.717) is 36.3 Å². The Hall–Kier alpha value is -3.18. The Morgan fingerprint density at radius 3 is 2.40 bits per heavy atom. The normalized spacial score (nSPS) is 10.5. The highest BCUT2D eigenvalue weighted by Crippen LogP contribution is 2.30. The van der Waals surface area contributed by atoms with E-state index in [0.717, 1.165) is 22.4 Å². The predicted molar refractivity (Wildman–Crippen MR) is 119 cm³/mol. The van der Waals surface area contributed by atoms with Gasteiger partial charge in [0.1, 0.15) is 6.61 Å². The van der Waals surface area contributed by atoms with Crippen LogP contribution in [-0.4, -0.2) is 17.7 Å². The molecule has 6 heteroatoms. The van der Waals surface area contributed by atoms with Gasteiger partial charge in [0.15, 0.2) is 11.5 Å². The topological polar surface area (TPSA) is 67.8 Å². The van der Waals surface area contributed by atoms with E-state index in [1.54, 1.807) is 18.2 Å². The second-order valence-electron chi connectivity index (χ2n) is 6.82. The first kappa shape index (κ1) is 21.5. The third-order valence-electron chi connectivity index (χ3n) is 4.58. The number of anilines is 1. The van der Waals surface area contributed by atoms with Gasteiger partial charge in [0.25, 0.3) is 0 Å². The molecule has 3 aromatic carbocycles. The molecule has 3 rings (SSSR count). The fourth-order valence-electron chi connectivity index (χ4n) is 2.93. The van der Waals surface area contributed by atoms with E-state index in [4.69, 9.17) is 21.1 Å². The van der Waals surface area contributed by atoms with Crippen molar-refractivity contribution in [1.82, 2.24) is 0 Å². The molecule has 0 amide bonds. The molecule has 0 heterocycles. The van der Waals surface area contributed by atoms with Crippen molar-refractivity contribution in [2.45, 2.75) is 27.0 Å². The Morgan fingerprint density at radius 2 is 1.70 bits per heavy atom. The molecule has 5 nitrogen and oxygen atoms in total. The molecule has 0 aliphatic heterocycles. The van der Waals surface area contributed by atoms with Crippen LogP contribution in [0.15, 0.2) is 60.7 Å². The molecule has 0 aliphatic rings. The average Bonchev–Trinajstić information content (AvgIpc) is 2.73. The summed E-state index contributed by atoms with van der Waals surface area (Å²) in [4.78, 5) is 11.2. The fraction of sp³-hybridized carbons (Fsp3) is 0.208. The fourth-order valence-corrected chi connectivity index (χ4v) is 3.06. The van der Waals surface area contributed by atoms with Gasteiger partial charge in [-0.2, -0.15) is 0 Å².